The standard InChI is InChI=1S/C17H26BrNO/c1-13(2)8-6-4-5-7-11-19-17(20)16-12-15(18)10-9-14(16)3/h9-10,12-13H,4-8,11H2,1-3H3,(H,19,20). The van der Waals surface area contributed by atoms with Gasteiger partial charge in [0.1, 0.15) is 0 Å². The summed E-state index contributed by atoms with van der Waals surface area (Å²) in [5.41, 5.74) is 1.78. The van der Waals surface area contributed by atoms with E-state index < -0.39 is 0 Å². The third-order valence-electron chi connectivity index (χ3n) is 3.44. The molecular weight excluding hydrogens is 314 g/mol. The van der Waals surface area contributed by atoms with Gasteiger partial charge in [-0.15, -0.1) is 0 Å². The van der Waals surface area contributed by atoms with E-state index in [9.17, 15) is 4.79 Å². The van der Waals surface area contributed by atoms with Gasteiger partial charge < -0.3 is 5.32 Å². The van der Waals surface area contributed by atoms with E-state index in [0.717, 1.165) is 34.5 Å². The fourth-order valence-corrected chi connectivity index (χ4v) is 2.53. The molecule has 0 spiro atoms. The highest BCUT2D eigenvalue weighted by molar-refractivity contribution is 9.10. The van der Waals surface area contributed by atoms with Crippen molar-refractivity contribution >= 4 is 21.8 Å². The minimum Gasteiger partial charge on any atom is -0.352 e. The number of benzene rings is 1. The third-order valence-corrected chi connectivity index (χ3v) is 3.93. The Hall–Kier alpha value is -0.830. The molecule has 0 heterocycles. The average molecular weight is 340 g/mol. The molecule has 0 saturated carbocycles. The Morgan fingerprint density at radius 3 is 2.60 bits per heavy atom. The van der Waals surface area contributed by atoms with E-state index in [4.69, 9.17) is 0 Å². The molecule has 0 radical (unpaired) electrons. The Bertz CT molecular complexity index is 429. The Morgan fingerprint density at radius 1 is 1.20 bits per heavy atom. The summed E-state index contributed by atoms with van der Waals surface area (Å²) in [5.74, 6) is 0.834. The first-order chi connectivity index (χ1) is 9.50. The molecule has 0 aliphatic heterocycles. The van der Waals surface area contributed by atoms with Crippen LogP contribution in [0.4, 0.5) is 0 Å². The normalized spacial score (nSPS) is 10.8. The van der Waals surface area contributed by atoms with E-state index in [0.29, 0.717) is 0 Å². The fraction of sp³-hybridized carbons (Fsp3) is 0.588. The van der Waals surface area contributed by atoms with Gasteiger partial charge in [-0.1, -0.05) is 61.5 Å². The number of hydrogen-bond acceptors (Lipinski definition) is 1. The minimum atomic E-state index is 0.0333. The molecule has 0 atom stereocenters. The molecule has 0 aliphatic carbocycles. The van der Waals surface area contributed by atoms with Gasteiger partial charge in [0.05, 0.1) is 0 Å². The smallest absolute Gasteiger partial charge is 0.251 e. The molecule has 0 fully saturated rings. The van der Waals surface area contributed by atoms with E-state index in [2.05, 4.69) is 35.1 Å². The minimum absolute atomic E-state index is 0.0333. The Morgan fingerprint density at radius 2 is 1.90 bits per heavy atom. The monoisotopic (exact) mass is 339 g/mol. The van der Waals surface area contributed by atoms with Crippen LogP contribution in [-0.4, -0.2) is 12.5 Å². The highest BCUT2D eigenvalue weighted by atomic mass is 79.9. The van der Waals surface area contributed by atoms with Gasteiger partial charge in [-0.3, -0.25) is 4.79 Å². The van der Waals surface area contributed by atoms with Gasteiger partial charge in [-0.2, -0.15) is 0 Å². The lowest BCUT2D eigenvalue weighted by molar-refractivity contribution is 0.0952. The maximum Gasteiger partial charge on any atom is 0.251 e. The summed E-state index contributed by atoms with van der Waals surface area (Å²) in [6.45, 7) is 7.26. The highest BCUT2D eigenvalue weighted by Gasteiger charge is 2.08. The number of hydrogen-bond donors (Lipinski definition) is 1. The van der Waals surface area contributed by atoms with Crippen LogP contribution in [0.3, 0.4) is 0 Å². The maximum absolute atomic E-state index is 12.1. The molecule has 0 unspecified atom stereocenters. The molecule has 0 bridgehead atoms. The molecular formula is C17H26BrNO. The largest absolute Gasteiger partial charge is 0.352 e. The lowest BCUT2D eigenvalue weighted by Crippen LogP contribution is -2.25. The van der Waals surface area contributed by atoms with Gasteiger partial charge in [-0.05, 0) is 37.0 Å². The molecule has 1 N–H and O–H groups in total. The van der Waals surface area contributed by atoms with Crippen molar-refractivity contribution in [3.8, 4) is 0 Å². The summed E-state index contributed by atoms with van der Waals surface area (Å²) in [6.07, 6.45) is 6.14. The van der Waals surface area contributed by atoms with Crippen LogP contribution in [0.2, 0.25) is 0 Å². The molecule has 0 aromatic heterocycles. The summed E-state index contributed by atoms with van der Waals surface area (Å²) in [5, 5.41) is 3.01. The van der Waals surface area contributed by atoms with Crippen LogP contribution in [-0.2, 0) is 0 Å². The van der Waals surface area contributed by atoms with Crippen molar-refractivity contribution < 1.29 is 4.79 Å². The third kappa shape index (κ3) is 6.56. The fourth-order valence-electron chi connectivity index (χ4n) is 2.17. The maximum atomic E-state index is 12.1. The summed E-state index contributed by atoms with van der Waals surface area (Å²) < 4.78 is 0.946. The van der Waals surface area contributed by atoms with Crippen molar-refractivity contribution in [1.82, 2.24) is 5.32 Å². The van der Waals surface area contributed by atoms with Gasteiger partial charge in [-0.25, -0.2) is 0 Å². The van der Waals surface area contributed by atoms with Crippen molar-refractivity contribution in [3.05, 3.63) is 33.8 Å². The number of carbonyl (C=O) groups excluding carboxylic acids is 1. The molecule has 3 heteroatoms. The Labute approximate surface area is 131 Å². The van der Waals surface area contributed by atoms with E-state index in [1.165, 1.54) is 25.7 Å². The van der Waals surface area contributed by atoms with Crippen LogP contribution < -0.4 is 5.32 Å². The Kier molecular flexibility index (Phi) is 7.90. The van der Waals surface area contributed by atoms with Gasteiger partial charge in [0.2, 0.25) is 0 Å². The highest BCUT2D eigenvalue weighted by Crippen LogP contribution is 2.16. The molecule has 2 nitrogen and oxygen atoms in total. The van der Waals surface area contributed by atoms with E-state index in [1.54, 1.807) is 0 Å². The summed E-state index contributed by atoms with van der Waals surface area (Å²) in [6, 6.07) is 5.80. The van der Waals surface area contributed by atoms with Crippen LogP contribution >= 0.6 is 15.9 Å². The molecule has 0 saturated heterocycles. The second kappa shape index (κ2) is 9.17. The van der Waals surface area contributed by atoms with Crippen LogP contribution in [0.15, 0.2) is 22.7 Å². The zero-order valence-electron chi connectivity index (χ0n) is 12.8. The predicted molar refractivity (Wildman–Crippen MR) is 89.1 cm³/mol. The van der Waals surface area contributed by atoms with Crippen LogP contribution in [0.5, 0.6) is 0 Å². The molecule has 1 rings (SSSR count). The molecule has 1 amide bonds. The van der Waals surface area contributed by atoms with E-state index in [-0.39, 0.29) is 5.91 Å². The van der Waals surface area contributed by atoms with Crippen molar-refractivity contribution in [2.45, 2.75) is 52.9 Å². The number of nitrogens with one attached hydrogen (secondary N) is 1. The number of halogens is 1. The lowest BCUT2D eigenvalue weighted by Gasteiger charge is -2.08. The van der Waals surface area contributed by atoms with E-state index >= 15 is 0 Å². The second-order valence-corrected chi connectivity index (χ2v) is 6.73. The zero-order chi connectivity index (χ0) is 15.0. The Balaban J connectivity index is 2.22. The van der Waals surface area contributed by atoms with Crippen molar-refractivity contribution in [2.75, 3.05) is 6.54 Å². The molecule has 112 valence electrons. The van der Waals surface area contributed by atoms with Gasteiger partial charge in [0.25, 0.3) is 5.91 Å². The van der Waals surface area contributed by atoms with Crippen LogP contribution in [0.25, 0.3) is 0 Å². The number of carbonyl (C=O) groups is 1. The number of amides is 1. The molecule has 1 aromatic rings. The topological polar surface area (TPSA) is 29.1 Å². The van der Waals surface area contributed by atoms with Crippen molar-refractivity contribution in [2.24, 2.45) is 5.92 Å². The SMILES string of the molecule is Cc1ccc(Br)cc1C(=O)NCCCCCCC(C)C. The summed E-state index contributed by atoms with van der Waals surface area (Å²) in [7, 11) is 0. The molecule has 1 aromatic carbocycles. The quantitative estimate of drug-likeness (QED) is 0.656. The van der Waals surface area contributed by atoms with Crippen molar-refractivity contribution in [1.29, 1.82) is 0 Å². The molecule has 20 heavy (non-hydrogen) atoms. The van der Waals surface area contributed by atoms with Crippen LogP contribution in [0.1, 0.15) is 61.9 Å². The van der Waals surface area contributed by atoms with Gasteiger partial charge >= 0.3 is 0 Å². The average Bonchev–Trinajstić information content (AvgIpc) is 2.39. The van der Waals surface area contributed by atoms with Gasteiger partial charge in [0, 0.05) is 16.6 Å². The first kappa shape index (κ1) is 17.2. The molecule has 0 aliphatic rings. The number of rotatable bonds is 8. The number of unbranched alkanes of at least 4 members (excludes halogenated alkanes) is 3. The predicted octanol–water partition coefficient (Wildman–Crippen LogP) is 5.09. The first-order valence-electron chi connectivity index (χ1n) is 7.55. The lowest BCUT2D eigenvalue weighted by atomic mass is 10.0. The summed E-state index contributed by atoms with van der Waals surface area (Å²) >= 11 is 3.41. The zero-order valence-corrected chi connectivity index (χ0v) is 14.4. The van der Waals surface area contributed by atoms with E-state index in [1.807, 2.05) is 25.1 Å². The number of aryl methyl sites for hydroxylation is 1. The van der Waals surface area contributed by atoms with Crippen molar-refractivity contribution in [3.63, 3.8) is 0 Å². The second-order valence-electron chi connectivity index (χ2n) is 5.81. The van der Waals surface area contributed by atoms with Crippen LogP contribution in [0, 0.1) is 12.8 Å². The first-order valence-corrected chi connectivity index (χ1v) is 8.34. The summed E-state index contributed by atoms with van der Waals surface area (Å²) in [4.78, 5) is 12.1. The van der Waals surface area contributed by atoms with Gasteiger partial charge in [0.15, 0.2) is 0 Å².